The van der Waals surface area contributed by atoms with Gasteiger partial charge in [-0.1, -0.05) is 18.2 Å². The normalized spacial score (nSPS) is 12.9. The van der Waals surface area contributed by atoms with E-state index in [1.807, 2.05) is 18.2 Å². The molecule has 0 bridgehead atoms. The summed E-state index contributed by atoms with van der Waals surface area (Å²) in [7, 11) is 0. The summed E-state index contributed by atoms with van der Waals surface area (Å²) in [6.45, 7) is 1.62. The van der Waals surface area contributed by atoms with Crippen molar-refractivity contribution in [1.82, 2.24) is 15.0 Å². The smallest absolute Gasteiger partial charge is 0.361 e. The van der Waals surface area contributed by atoms with Gasteiger partial charge in [0.05, 0.1) is 16.3 Å². The van der Waals surface area contributed by atoms with E-state index < -0.39 is 23.4 Å². The number of para-hydroxylation sites is 1. The Balaban J connectivity index is 1.45. The van der Waals surface area contributed by atoms with Crippen LogP contribution >= 0.6 is 0 Å². The molecule has 158 valence electrons. The molecule has 0 unspecified atom stereocenters. The van der Waals surface area contributed by atoms with Crippen LogP contribution in [-0.4, -0.2) is 44.9 Å². The van der Waals surface area contributed by atoms with Gasteiger partial charge < -0.3 is 9.64 Å². The van der Waals surface area contributed by atoms with Crippen molar-refractivity contribution in [2.75, 3.05) is 18.1 Å². The number of rotatable bonds is 5. The third-order valence-corrected chi connectivity index (χ3v) is 4.98. The number of nitrogens with zero attached hydrogens (tertiary/aromatic N) is 5. The summed E-state index contributed by atoms with van der Waals surface area (Å²) in [5.74, 6) is -1.15. The first kappa shape index (κ1) is 20.2. The molecule has 1 aromatic heterocycles. The molecular weight excluding hydrogens is 402 g/mol. The molecule has 0 radical (unpaired) electrons. The summed E-state index contributed by atoms with van der Waals surface area (Å²) in [6.07, 6.45) is 1.31. The van der Waals surface area contributed by atoms with Crippen LogP contribution in [0.2, 0.25) is 0 Å². The molecule has 1 amide bonds. The number of esters is 1. The number of carbonyl (C=O) groups excluding carboxylic acids is 2. The van der Waals surface area contributed by atoms with Gasteiger partial charge in [-0.05, 0) is 43.5 Å². The molecule has 0 aliphatic carbocycles. The second-order valence-corrected chi connectivity index (χ2v) is 7.05. The predicted octanol–water partition coefficient (Wildman–Crippen LogP) is 2.62. The van der Waals surface area contributed by atoms with Gasteiger partial charge >= 0.3 is 5.97 Å². The minimum atomic E-state index is -0.742. The summed E-state index contributed by atoms with van der Waals surface area (Å²) in [5, 5.41) is 19.4. The number of ether oxygens (including phenoxy) is 1. The van der Waals surface area contributed by atoms with Gasteiger partial charge in [0.25, 0.3) is 11.6 Å². The number of carbonyl (C=O) groups is 2. The van der Waals surface area contributed by atoms with Crippen molar-refractivity contribution >= 4 is 23.3 Å². The van der Waals surface area contributed by atoms with E-state index in [4.69, 9.17) is 4.74 Å². The van der Waals surface area contributed by atoms with E-state index in [-0.39, 0.29) is 11.4 Å². The van der Waals surface area contributed by atoms with E-state index in [1.54, 1.807) is 25.1 Å². The Morgan fingerprint density at radius 3 is 2.68 bits per heavy atom. The van der Waals surface area contributed by atoms with Crippen molar-refractivity contribution in [3.05, 3.63) is 75.6 Å². The fourth-order valence-electron chi connectivity index (χ4n) is 3.47. The fourth-order valence-corrected chi connectivity index (χ4v) is 3.47. The highest BCUT2D eigenvalue weighted by Crippen LogP contribution is 2.30. The second kappa shape index (κ2) is 8.34. The van der Waals surface area contributed by atoms with Gasteiger partial charge in [0.1, 0.15) is 0 Å². The summed E-state index contributed by atoms with van der Waals surface area (Å²) in [6, 6.07) is 13.5. The molecule has 1 aliphatic heterocycles. The lowest BCUT2D eigenvalue weighted by Gasteiger charge is -2.29. The van der Waals surface area contributed by atoms with E-state index in [9.17, 15) is 19.7 Å². The Kier molecular flexibility index (Phi) is 5.44. The Morgan fingerprint density at radius 1 is 1.16 bits per heavy atom. The summed E-state index contributed by atoms with van der Waals surface area (Å²) in [5.41, 5.74) is 2.42. The van der Waals surface area contributed by atoms with Crippen molar-refractivity contribution < 1.29 is 19.2 Å². The van der Waals surface area contributed by atoms with E-state index in [1.165, 1.54) is 21.8 Å². The van der Waals surface area contributed by atoms with E-state index in [0.29, 0.717) is 36.5 Å². The first-order valence-electron chi connectivity index (χ1n) is 9.68. The maximum atomic E-state index is 12.7. The monoisotopic (exact) mass is 421 g/mol. The van der Waals surface area contributed by atoms with Crippen LogP contribution < -0.4 is 4.90 Å². The molecule has 4 rings (SSSR count). The number of nitro benzene ring substituents is 1. The van der Waals surface area contributed by atoms with E-state index >= 15 is 0 Å². The maximum absolute atomic E-state index is 12.7. The predicted molar refractivity (Wildman–Crippen MR) is 110 cm³/mol. The van der Waals surface area contributed by atoms with Crippen LogP contribution in [0.1, 0.15) is 28.2 Å². The lowest BCUT2D eigenvalue weighted by Crippen LogP contribution is -2.38. The highest BCUT2D eigenvalue weighted by Gasteiger charge is 2.26. The molecule has 10 heteroatoms. The maximum Gasteiger partial charge on any atom is 0.361 e. The van der Waals surface area contributed by atoms with Gasteiger partial charge in [-0.15, -0.1) is 5.10 Å². The zero-order chi connectivity index (χ0) is 22.0. The number of nitro groups is 1. The molecule has 3 aromatic rings. The number of hydrogen-bond acceptors (Lipinski definition) is 7. The summed E-state index contributed by atoms with van der Waals surface area (Å²) in [4.78, 5) is 38.5. The number of aryl methyl sites for hydroxylation is 2. The first-order valence-corrected chi connectivity index (χ1v) is 9.68. The third kappa shape index (κ3) is 4.13. The number of fused-ring (bicyclic) bond motifs is 1. The number of amides is 1. The molecule has 0 N–H and O–H groups in total. The highest BCUT2D eigenvalue weighted by atomic mass is 16.6. The molecule has 31 heavy (non-hydrogen) atoms. The zero-order valence-corrected chi connectivity index (χ0v) is 16.7. The number of benzene rings is 2. The minimum Gasteiger partial charge on any atom is -0.451 e. The van der Waals surface area contributed by atoms with Gasteiger partial charge in [0, 0.05) is 24.4 Å². The summed E-state index contributed by atoms with van der Waals surface area (Å²) < 4.78 is 5.20. The van der Waals surface area contributed by atoms with Crippen molar-refractivity contribution in [1.29, 1.82) is 0 Å². The molecule has 2 aromatic carbocycles. The van der Waals surface area contributed by atoms with Crippen LogP contribution in [0.15, 0.2) is 48.5 Å². The number of non-ortho nitro benzene ring substituents is 1. The lowest BCUT2D eigenvalue weighted by molar-refractivity contribution is -0.384. The van der Waals surface area contributed by atoms with Crippen LogP contribution in [0, 0.1) is 17.0 Å². The molecule has 0 saturated carbocycles. The number of aromatic nitrogens is 3. The molecule has 1 aliphatic rings. The Morgan fingerprint density at radius 2 is 1.94 bits per heavy atom. The number of hydrogen-bond donors (Lipinski definition) is 0. The Labute approximate surface area is 177 Å². The average molecular weight is 421 g/mol. The summed E-state index contributed by atoms with van der Waals surface area (Å²) >= 11 is 0. The largest absolute Gasteiger partial charge is 0.451 e. The molecule has 10 nitrogen and oxygen atoms in total. The van der Waals surface area contributed by atoms with Crippen LogP contribution in [0.3, 0.4) is 0 Å². The molecule has 2 heterocycles. The fraction of sp³-hybridized carbons (Fsp3) is 0.238. The SMILES string of the molecule is Cc1nn(-c2ccccc2)nc1C(=O)OCC(=O)N1CCCc2cc([N+](=O)[O-])ccc21. The number of anilines is 1. The van der Waals surface area contributed by atoms with Gasteiger partial charge in [0.15, 0.2) is 12.3 Å². The molecule has 0 saturated heterocycles. The average Bonchev–Trinajstić information content (AvgIpc) is 3.18. The van der Waals surface area contributed by atoms with Gasteiger partial charge in [-0.25, -0.2) is 4.79 Å². The second-order valence-electron chi connectivity index (χ2n) is 7.05. The first-order chi connectivity index (χ1) is 14.9. The van der Waals surface area contributed by atoms with Crippen molar-refractivity contribution in [2.45, 2.75) is 19.8 Å². The standard InChI is InChI=1S/C21H19N5O5/c1-14-20(23-25(22-14)16-7-3-2-4-8-16)21(28)31-13-19(27)24-11-5-6-15-12-17(26(29)30)9-10-18(15)24/h2-4,7-10,12H,5-6,11,13H2,1H3. The molecule has 0 fully saturated rings. The Bertz CT molecular complexity index is 1160. The lowest BCUT2D eigenvalue weighted by atomic mass is 10.0. The van der Waals surface area contributed by atoms with Gasteiger partial charge in [0.2, 0.25) is 0 Å². The zero-order valence-electron chi connectivity index (χ0n) is 16.7. The quantitative estimate of drug-likeness (QED) is 0.353. The van der Waals surface area contributed by atoms with Crippen molar-refractivity contribution in [2.24, 2.45) is 0 Å². The topological polar surface area (TPSA) is 120 Å². The molecule has 0 spiro atoms. The van der Waals surface area contributed by atoms with E-state index in [0.717, 1.165) is 5.56 Å². The van der Waals surface area contributed by atoms with Crippen LogP contribution in [0.5, 0.6) is 0 Å². The highest BCUT2D eigenvalue weighted by molar-refractivity contribution is 5.97. The van der Waals surface area contributed by atoms with E-state index in [2.05, 4.69) is 10.2 Å². The van der Waals surface area contributed by atoms with Gasteiger partial charge in [-0.3, -0.25) is 14.9 Å². The Hall–Kier alpha value is -4.08. The van der Waals surface area contributed by atoms with Crippen LogP contribution in [-0.2, 0) is 16.0 Å². The third-order valence-electron chi connectivity index (χ3n) is 4.98. The van der Waals surface area contributed by atoms with Crippen molar-refractivity contribution in [3.63, 3.8) is 0 Å². The van der Waals surface area contributed by atoms with Crippen molar-refractivity contribution in [3.8, 4) is 5.69 Å². The van der Waals surface area contributed by atoms with Crippen LogP contribution in [0.4, 0.5) is 11.4 Å². The van der Waals surface area contributed by atoms with Crippen LogP contribution in [0.25, 0.3) is 5.69 Å². The van der Waals surface area contributed by atoms with Gasteiger partial charge in [-0.2, -0.15) is 9.90 Å². The minimum absolute atomic E-state index is 0.0172. The molecular formula is C21H19N5O5. The molecule has 0 atom stereocenters.